The van der Waals surface area contributed by atoms with Gasteiger partial charge in [0.15, 0.2) is 0 Å². The standard InChI is InChI=1S/C13H19Cl2N/c1-5-13(2,3)12(16-4)10-8-9(14)6-7-11(10)15/h6-8,12,16H,5H2,1-4H3. The molecule has 0 fully saturated rings. The van der Waals surface area contributed by atoms with E-state index in [0.717, 1.165) is 22.0 Å². The van der Waals surface area contributed by atoms with Crippen molar-refractivity contribution in [3.05, 3.63) is 33.8 Å². The zero-order valence-electron chi connectivity index (χ0n) is 10.3. The summed E-state index contributed by atoms with van der Waals surface area (Å²) in [6.07, 6.45) is 1.07. The van der Waals surface area contributed by atoms with Crippen LogP contribution in [0.4, 0.5) is 0 Å². The van der Waals surface area contributed by atoms with Gasteiger partial charge in [-0.2, -0.15) is 0 Å². The quantitative estimate of drug-likeness (QED) is 0.828. The Balaban J connectivity index is 3.18. The van der Waals surface area contributed by atoms with Crippen molar-refractivity contribution in [2.45, 2.75) is 33.2 Å². The number of rotatable bonds is 4. The minimum atomic E-state index is 0.142. The number of hydrogen-bond acceptors (Lipinski definition) is 1. The van der Waals surface area contributed by atoms with Gasteiger partial charge in [-0.1, -0.05) is 44.0 Å². The minimum absolute atomic E-state index is 0.142. The van der Waals surface area contributed by atoms with E-state index in [4.69, 9.17) is 23.2 Å². The SMILES string of the molecule is CCC(C)(C)C(NC)c1cc(Cl)ccc1Cl. The molecule has 0 saturated carbocycles. The summed E-state index contributed by atoms with van der Waals surface area (Å²) >= 11 is 12.3. The maximum Gasteiger partial charge on any atom is 0.0455 e. The molecule has 0 aromatic heterocycles. The molecule has 1 atom stereocenters. The summed E-state index contributed by atoms with van der Waals surface area (Å²) in [6.45, 7) is 6.64. The molecule has 1 nitrogen and oxygen atoms in total. The maximum absolute atomic E-state index is 6.23. The van der Waals surface area contributed by atoms with Crippen molar-refractivity contribution in [3.8, 4) is 0 Å². The van der Waals surface area contributed by atoms with Crippen LogP contribution in [0.3, 0.4) is 0 Å². The van der Waals surface area contributed by atoms with Crippen molar-refractivity contribution in [2.75, 3.05) is 7.05 Å². The van der Waals surface area contributed by atoms with Crippen LogP contribution in [0.5, 0.6) is 0 Å². The molecule has 0 heterocycles. The van der Waals surface area contributed by atoms with Gasteiger partial charge in [-0.3, -0.25) is 0 Å². The molecular formula is C13H19Cl2N. The second-order valence-corrected chi connectivity index (χ2v) is 5.57. The smallest absolute Gasteiger partial charge is 0.0455 e. The molecule has 16 heavy (non-hydrogen) atoms. The van der Waals surface area contributed by atoms with Crippen LogP contribution in [0, 0.1) is 5.41 Å². The highest BCUT2D eigenvalue weighted by atomic mass is 35.5. The second-order valence-electron chi connectivity index (χ2n) is 4.73. The van der Waals surface area contributed by atoms with Crippen molar-refractivity contribution in [3.63, 3.8) is 0 Å². The number of hydrogen-bond donors (Lipinski definition) is 1. The summed E-state index contributed by atoms with van der Waals surface area (Å²) in [5, 5.41) is 4.83. The lowest BCUT2D eigenvalue weighted by Gasteiger charge is -2.34. The van der Waals surface area contributed by atoms with Crippen LogP contribution in [0.1, 0.15) is 38.8 Å². The van der Waals surface area contributed by atoms with E-state index in [1.54, 1.807) is 0 Å². The van der Waals surface area contributed by atoms with Crippen LogP contribution in [0.2, 0.25) is 10.0 Å². The van der Waals surface area contributed by atoms with E-state index in [-0.39, 0.29) is 11.5 Å². The first kappa shape index (κ1) is 13.8. The average molecular weight is 260 g/mol. The Morgan fingerprint density at radius 2 is 1.94 bits per heavy atom. The monoisotopic (exact) mass is 259 g/mol. The predicted octanol–water partition coefficient (Wildman–Crippen LogP) is 4.69. The molecule has 1 N–H and O–H groups in total. The van der Waals surface area contributed by atoms with Crippen molar-refractivity contribution < 1.29 is 0 Å². The predicted molar refractivity (Wildman–Crippen MR) is 72.3 cm³/mol. The fraction of sp³-hybridized carbons (Fsp3) is 0.538. The normalized spacial score (nSPS) is 13.9. The molecule has 0 aliphatic heterocycles. The lowest BCUT2D eigenvalue weighted by molar-refractivity contribution is 0.245. The number of halogens is 2. The third kappa shape index (κ3) is 2.91. The van der Waals surface area contributed by atoms with Crippen molar-refractivity contribution in [1.29, 1.82) is 0 Å². The van der Waals surface area contributed by atoms with Gasteiger partial charge in [0.05, 0.1) is 0 Å². The molecule has 0 bridgehead atoms. The minimum Gasteiger partial charge on any atom is -0.313 e. The summed E-state index contributed by atoms with van der Waals surface area (Å²) in [5.74, 6) is 0. The highest BCUT2D eigenvalue weighted by molar-refractivity contribution is 6.33. The lowest BCUT2D eigenvalue weighted by atomic mass is 9.78. The van der Waals surface area contributed by atoms with Crippen molar-refractivity contribution in [1.82, 2.24) is 5.32 Å². The first-order valence-electron chi connectivity index (χ1n) is 5.54. The molecule has 3 heteroatoms. The Bertz CT molecular complexity index is 361. The van der Waals surface area contributed by atoms with Gasteiger partial charge in [0.2, 0.25) is 0 Å². The van der Waals surface area contributed by atoms with Gasteiger partial charge in [-0.15, -0.1) is 0 Å². The third-order valence-corrected chi connectivity index (χ3v) is 3.83. The zero-order chi connectivity index (χ0) is 12.3. The van der Waals surface area contributed by atoms with Gasteiger partial charge in [-0.25, -0.2) is 0 Å². The Hall–Kier alpha value is -0.240. The van der Waals surface area contributed by atoms with Crippen molar-refractivity contribution >= 4 is 23.2 Å². The van der Waals surface area contributed by atoms with E-state index >= 15 is 0 Å². The van der Waals surface area contributed by atoms with Crippen LogP contribution in [0.15, 0.2) is 18.2 Å². The molecule has 1 aromatic rings. The molecule has 0 spiro atoms. The van der Waals surface area contributed by atoms with E-state index < -0.39 is 0 Å². The van der Waals surface area contributed by atoms with E-state index in [1.165, 1.54) is 0 Å². The number of nitrogens with one attached hydrogen (secondary N) is 1. The van der Waals surface area contributed by atoms with Crippen molar-refractivity contribution in [2.24, 2.45) is 5.41 Å². The topological polar surface area (TPSA) is 12.0 Å². The Labute approximate surface area is 108 Å². The van der Waals surface area contributed by atoms with Gasteiger partial charge >= 0.3 is 0 Å². The largest absolute Gasteiger partial charge is 0.313 e. The van der Waals surface area contributed by atoms with E-state index in [9.17, 15) is 0 Å². The van der Waals surface area contributed by atoms with Gasteiger partial charge in [0.25, 0.3) is 0 Å². The van der Waals surface area contributed by atoms with Crippen LogP contribution in [-0.4, -0.2) is 7.05 Å². The van der Waals surface area contributed by atoms with Gasteiger partial charge in [-0.05, 0) is 42.6 Å². The molecule has 1 rings (SSSR count). The van der Waals surface area contributed by atoms with E-state index in [1.807, 2.05) is 25.2 Å². The molecule has 90 valence electrons. The maximum atomic E-state index is 6.23. The van der Waals surface area contributed by atoms with Crippen LogP contribution in [0.25, 0.3) is 0 Å². The Kier molecular flexibility index (Phi) is 4.66. The lowest BCUT2D eigenvalue weighted by Crippen LogP contribution is -2.31. The molecule has 1 aromatic carbocycles. The zero-order valence-corrected chi connectivity index (χ0v) is 11.8. The highest BCUT2D eigenvalue weighted by Gasteiger charge is 2.29. The fourth-order valence-electron chi connectivity index (χ4n) is 1.91. The molecule has 0 aliphatic rings. The van der Waals surface area contributed by atoms with Gasteiger partial charge in [0.1, 0.15) is 0 Å². The number of benzene rings is 1. The van der Waals surface area contributed by atoms with Gasteiger partial charge in [0, 0.05) is 16.1 Å². The van der Waals surface area contributed by atoms with Crippen LogP contribution in [-0.2, 0) is 0 Å². The summed E-state index contributed by atoms with van der Waals surface area (Å²) in [5.41, 5.74) is 1.21. The molecule has 0 aliphatic carbocycles. The average Bonchev–Trinajstić information content (AvgIpc) is 2.24. The van der Waals surface area contributed by atoms with E-state index in [2.05, 4.69) is 26.1 Å². The summed E-state index contributed by atoms with van der Waals surface area (Å²) in [6, 6.07) is 5.83. The summed E-state index contributed by atoms with van der Waals surface area (Å²) in [7, 11) is 1.96. The molecule has 1 unspecified atom stereocenters. The molecule has 0 saturated heterocycles. The Morgan fingerprint density at radius 3 is 2.44 bits per heavy atom. The summed E-state index contributed by atoms with van der Waals surface area (Å²) < 4.78 is 0. The van der Waals surface area contributed by atoms with E-state index in [0.29, 0.717) is 0 Å². The first-order chi connectivity index (χ1) is 7.42. The summed E-state index contributed by atoms with van der Waals surface area (Å²) in [4.78, 5) is 0. The Morgan fingerprint density at radius 1 is 1.31 bits per heavy atom. The van der Waals surface area contributed by atoms with Crippen LogP contribution >= 0.6 is 23.2 Å². The van der Waals surface area contributed by atoms with Crippen LogP contribution < -0.4 is 5.32 Å². The fourth-order valence-corrected chi connectivity index (χ4v) is 2.31. The molecule has 0 radical (unpaired) electrons. The second kappa shape index (κ2) is 5.39. The highest BCUT2D eigenvalue weighted by Crippen LogP contribution is 2.39. The molecular weight excluding hydrogens is 241 g/mol. The third-order valence-electron chi connectivity index (χ3n) is 3.25. The first-order valence-corrected chi connectivity index (χ1v) is 6.30. The van der Waals surface area contributed by atoms with Gasteiger partial charge < -0.3 is 5.32 Å². The molecule has 0 amide bonds.